The van der Waals surface area contributed by atoms with Gasteiger partial charge in [-0.25, -0.2) is 23.4 Å². The maximum Gasteiger partial charge on any atom is 0.261 e. The number of aromatic nitrogens is 4. The van der Waals surface area contributed by atoms with Gasteiger partial charge in [-0.15, -0.1) is 0 Å². The van der Waals surface area contributed by atoms with Crippen LogP contribution in [0.4, 0.5) is 17.2 Å². The minimum Gasteiger partial charge on any atom is -0.340 e. The molecule has 0 unspecified atom stereocenters. The van der Waals surface area contributed by atoms with E-state index in [1.165, 1.54) is 24.3 Å². The van der Waals surface area contributed by atoms with E-state index in [1.807, 2.05) is 6.07 Å². The van der Waals surface area contributed by atoms with Crippen LogP contribution in [0.3, 0.4) is 0 Å². The van der Waals surface area contributed by atoms with Gasteiger partial charge >= 0.3 is 0 Å². The van der Waals surface area contributed by atoms with Crippen LogP contribution in [0.2, 0.25) is 0 Å². The summed E-state index contributed by atoms with van der Waals surface area (Å²) >= 11 is 0. The fourth-order valence-corrected chi connectivity index (χ4v) is 3.89. The monoisotopic (exact) mass is 431 g/mol. The van der Waals surface area contributed by atoms with E-state index in [0.717, 1.165) is 5.69 Å². The first-order chi connectivity index (χ1) is 14.9. The highest BCUT2D eigenvalue weighted by molar-refractivity contribution is 7.92. The van der Waals surface area contributed by atoms with Gasteiger partial charge in [0.25, 0.3) is 10.0 Å². The molecule has 0 bridgehead atoms. The number of sulfonamides is 1. The zero-order valence-corrected chi connectivity index (χ0v) is 17.2. The Bertz CT molecular complexity index is 1340. The fourth-order valence-electron chi connectivity index (χ4n) is 2.84. The average Bonchev–Trinajstić information content (AvgIpc) is 3.30. The minimum absolute atomic E-state index is 0.0807. The third-order valence-electron chi connectivity index (χ3n) is 4.30. The molecule has 0 aliphatic rings. The molecule has 0 fully saturated rings. The van der Waals surface area contributed by atoms with Crippen LogP contribution in [0, 0.1) is 18.3 Å². The van der Waals surface area contributed by atoms with E-state index in [-0.39, 0.29) is 4.90 Å². The Morgan fingerprint density at radius 3 is 2.35 bits per heavy atom. The molecule has 0 amide bonds. The van der Waals surface area contributed by atoms with E-state index in [2.05, 4.69) is 25.0 Å². The Morgan fingerprint density at radius 2 is 1.71 bits per heavy atom. The molecule has 0 aliphatic heterocycles. The zero-order chi connectivity index (χ0) is 21.8. The maximum atomic E-state index is 12.5. The molecule has 154 valence electrons. The molecule has 10 heteroatoms. The van der Waals surface area contributed by atoms with Crippen molar-refractivity contribution in [1.29, 1.82) is 5.26 Å². The van der Waals surface area contributed by atoms with Crippen molar-refractivity contribution >= 4 is 27.2 Å². The van der Waals surface area contributed by atoms with Crippen molar-refractivity contribution in [3.05, 3.63) is 84.7 Å². The van der Waals surface area contributed by atoms with E-state index < -0.39 is 10.0 Å². The first kappa shape index (κ1) is 20.1. The maximum absolute atomic E-state index is 12.5. The van der Waals surface area contributed by atoms with E-state index in [4.69, 9.17) is 5.26 Å². The van der Waals surface area contributed by atoms with E-state index in [0.29, 0.717) is 28.7 Å². The van der Waals surface area contributed by atoms with E-state index in [1.54, 1.807) is 60.5 Å². The highest BCUT2D eigenvalue weighted by Gasteiger charge is 2.14. The van der Waals surface area contributed by atoms with Crippen molar-refractivity contribution in [2.75, 3.05) is 10.0 Å². The van der Waals surface area contributed by atoms with Gasteiger partial charge in [-0.1, -0.05) is 0 Å². The number of hydrogen-bond donors (Lipinski definition) is 2. The number of hydrogen-bond acceptors (Lipinski definition) is 7. The number of imidazole rings is 1. The number of nitrogens with one attached hydrogen (secondary N) is 2. The molecule has 0 saturated heterocycles. The highest BCUT2D eigenvalue weighted by atomic mass is 32.2. The third-order valence-corrected chi connectivity index (χ3v) is 5.69. The Balaban J connectivity index is 1.49. The molecular formula is C21H17N7O2S. The van der Waals surface area contributed by atoms with Crippen LogP contribution in [0.1, 0.15) is 11.4 Å². The largest absolute Gasteiger partial charge is 0.340 e. The normalized spacial score (nSPS) is 11.0. The molecule has 2 heterocycles. The molecule has 0 atom stereocenters. The number of nitrogens with zero attached hydrogens (tertiary/aromatic N) is 5. The highest BCUT2D eigenvalue weighted by Crippen LogP contribution is 2.21. The molecule has 2 aromatic carbocycles. The van der Waals surface area contributed by atoms with Gasteiger partial charge in [0.2, 0.25) is 0 Å². The molecule has 2 aromatic heterocycles. The smallest absolute Gasteiger partial charge is 0.261 e. The number of aryl methyl sites for hydroxylation is 1. The number of nitriles is 1. The average molecular weight is 431 g/mol. The van der Waals surface area contributed by atoms with Gasteiger partial charge < -0.3 is 5.32 Å². The van der Waals surface area contributed by atoms with Crippen LogP contribution >= 0.6 is 0 Å². The number of rotatable bonds is 6. The molecule has 4 aromatic rings. The van der Waals surface area contributed by atoms with Crippen molar-refractivity contribution in [1.82, 2.24) is 19.5 Å². The molecule has 31 heavy (non-hydrogen) atoms. The van der Waals surface area contributed by atoms with Crippen molar-refractivity contribution in [3.63, 3.8) is 0 Å². The summed E-state index contributed by atoms with van der Waals surface area (Å²) in [6.07, 6.45) is 5.11. The van der Waals surface area contributed by atoms with Crippen LogP contribution in [0.15, 0.2) is 78.2 Å². The van der Waals surface area contributed by atoms with E-state index >= 15 is 0 Å². The molecule has 0 saturated carbocycles. The lowest BCUT2D eigenvalue weighted by Gasteiger charge is -2.11. The van der Waals surface area contributed by atoms with Gasteiger partial charge in [0, 0.05) is 29.8 Å². The van der Waals surface area contributed by atoms with Crippen molar-refractivity contribution in [3.8, 4) is 11.9 Å². The Labute approximate surface area is 179 Å². The topological polar surface area (TPSA) is 126 Å². The summed E-state index contributed by atoms with van der Waals surface area (Å²) in [5.74, 6) is 1.88. The van der Waals surface area contributed by atoms with E-state index in [9.17, 15) is 8.42 Å². The molecular weight excluding hydrogens is 414 g/mol. The summed E-state index contributed by atoms with van der Waals surface area (Å²) in [7, 11) is -3.76. The Kier molecular flexibility index (Phi) is 5.34. The second-order valence-corrected chi connectivity index (χ2v) is 8.25. The van der Waals surface area contributed by atoms with Crippen LogP contribution in [0.25, 0.3) is 5.82 Å². The van der Waals surface area contributed by atoms with Crippen LogP contribution in [-0.4, -0.2) is 27.9 Å². The second-order valence-electron chi connectivity index (χ2n) is 6.57. The lowest BCUT2D eigenvalue weighted by molar-refractivity contribution is 0.601. The number of anilines is 3. The summed E-state index contributed by atoms with van der Waals surface area (Å²) in [5, 5.41) is 12.0. The lowest BCUT2D eigenvalue weighted by atomic mass is 10.2. The summed E-state index contributed by atoms with van der Waals surface area (Å²) in [6, 6.07) is 16.2. The van der Waals surface area contributed by atoms with Crippen LogP contribution < -0.4 is 10.0 Å². The van der Waals surface area contributed by atoms with Gasteiger partial charge in [-0.05, 0) is 55.5 Å². The summed E-state index contributed by atoms with van der Waals surface area (Å²) in [4.78, 5) is 12.9. The summed E-state index contributed by atoms with van der Waals surface area (Å²) in [5.41, 5.74) is 1.54. The third kappa shape index (κ3) is 4.68. The Morgan fingerprint density at radius 1 is 1.00 bits per heavy atom. The first-order valence-electron chi connectivity index (χ1n) is 9.17. The SMILES string of the molecule is Cc1nc(Nc2ccc(NS(=O)(=O)c3ccc(C#N)cc3)cc2)cc(-n2ccnc2)n1. The number of benzene rings is 2. The second kappa shape index (κ2) is 8.25. The van der Waals surface area contributed by atoms with Crippen molar-refractivity contribution in [2.45, 2.75) is 11.8 Å². The van der Waals surface area contributed by atoms with Crippen LogP contribution in [0.5, 0.6) is 0 Å². The zero-order valence-electron chi connectivity index (χ0n) is 16.4. The molecule has 0 radical (unpaired) electrons. The Hall–Kier alpha value is -4.23. The van der Waals surface area contributed by atoms with Crippen LogP contribution in [-0.2, 0) is 10.0 Å². The van der Waals surface area contributed by atoms with Crippen molar-refractivity contribution < 1.29 is 8.42 Å². The molecule has 9 nitrogen and oxygen atoms in total. The standard InChI is InChI=1S/C21H17N7O2S/c1-15-24-20(12-21(25-15)28-11-10-23-14-28)26-17-4-6-18(7-5-17)27-31(29,30)19-8-2-16(13-22)3-9-19/h2-12,14,27H,1H3,(H,24,25,26). The van der Waals surface area contributed by atoms with Gasteiger partial charge in [0.1, 0.15) is 23.8 Å². The fraction of sp³-hybridized carbons (Fsp3) is 0.0476. The lowest BCUT2D eigenvalue weighted by Crippen LogP contribution is -2.12. The minimum atomic E-state index is -3.76. The molecule has 0 spiro atoms. The first-order valence-corrected chi connectivity index (χ1v) is 10.7. The van der Waals surface area contributed by atoms with Crippen molar-refractivity contribution in [2.24, 2.45) is 0 Å². The van der Waals surface area contributed by atoms with Gasteiger partial charge in [-0.3, -0.25) is 9.29 Å². The van der Waals surface area contributed by atoms with Gasteiger partial charge in [-0.2, -0.15) is 5.26 Å². The quantitative estimate of drug-likeness (QED) is 0.479. The summed E-state index contributed by atoms with van der Waals surface area (Å²) in [6.45, 7) is 1.80. The predicted octanol–water partition coefficient (Wildman–Crippen LogP) is 3.39. The predicted molar refractivity (Wildman–Crippen MR) is 116 cm³/mol. The molecule has 2 N–H and O–H groups in total. The molecule has 0 aliphatic carbocycles. The summed E-state index contributed by atoms with van der Waals surface area (Å²) < 4.78 is 29.4. The van der Waals surface area contributed by atoms with Gasteiger partial charge in [0.15, 0.2) is 0 Å². The van der Waals surface area contributed by atoms with Gasteiger partial charge in [0.05, 0.1) is 16.5 Å². The molecule has 4 rings (SSSR count).